The van der Waals surface area contributed by atoms with Gasteiger partial charge in [-0.15, -0.1) is 0 Å². The monoisotopic (exact) mass is 237 g/mol. The molecule has 0 spiro atoms. The Balaban J connectivity index is 1.95. The average molecular weight is 237 g/mol. The number of nitrogens with one attached hydrogen (secondary N) is 1. The highest BCUT2D eigenvalue weighted by Gasteiger charge is 2.14. The van der Waals surface area contributed by atoms with Crippen molar-refractivity contribution in [1.29, 1.82) is 0 Å². The van der Waals surface area contributed by atoms with Gasteiger partial charge in [0.05, 0.1) is 0 Å². The Kier molecular flexibility index (Phi) is 2.73. The lowest BCUT2D eigenvalue weighted by molar-refractivity contribution is 0.103. The summed E-state index contributed by atoms with van der Waals surface area (Å²) in [5, 5.41) is 3.29. The van der Waals surface area contributed by atoms with Crippen LogP contribution in [0, 0.1) is 6.92 Å². The molecule has 0 radical (unpaired) electrons. The van der Waals surface area contributed by atoms with Crippen LogP contribution in [0.2, 0.25) is 0 Å². The van der Waals surface area contributed by atoms with Crippen LogP contribution in [0.25, 0.3) is 0 Å². The van der Waals surface area contributed by atoms with Crippen LogP contribution in [0.1, 0.15) is 32.6 Å². The lowest BCUT2D eigenvalue weighted by Gasteiger charge is -2.04. The van der Waals surface area contributed by atoms with Gasteiger partial charge in [0.1, 0.15) is 0 Å². The fourth-order valence-corrected chi connectivity index (χ4v) is 2.31. The molecule has 0 aliphatic carbocycles. The molecule has 90 valence electrons. The summed E-state index contributed by atoms with van der Waals surface area (Å²) in [4.78, 5) is 12.3. The number of carbonyl (C=O) groups excluding carboxylic acids is 1. The zero-order valence-electron chi connectivity index (χ0n) is 10.4. The van der Waals surface area contributed by atoms with Gasteiger partial charge in [-0.2, -0.15) is 0 Å². The largest absolute Gasteiger partial charge is 0.309 e. The minimum Gasteiger partial charge on any atom is -0.309 e. The lowest BCUT2D eigenvalue weighted by atomic mass is 9.99. The van der Waals surface area contributed by atoms with E-state index in [2.05, 4.69) is 11.4 Å². The maximum absolute atomic E-state index is 12.3. The zero-order chi connectivity index (χ0) is 12.5. The van der Waals surface area contributed by atoms with Crippen molar-refractivity contribution in [3.63, 3.8) is 0 Å². The fourth-order valence-electron chi connectivity index (χ4n) is 2.31. The molecule has 2 aromatic rings. The van der Waals surface area contributed by atoms with Crippen molar-refractivity contribution in [1.82, 2.24) is 5.32 Å². The van der Waals surface area contributed by atoms with Crippen molar-refractivity contribution in [3.05, 3.63) is 70.3 Å². The van der Waals surface area contributed by atoms with Gasteiger partial charge in [-0.05, 0) is 24.1 Å². The molecule has 0 amide bonds. The van der Waals surface area contributed by atoms with Crippen LogP contribution in [0.4, 0.5) is 0 Å². The Morgan fingerprint density at radius 3 is 2.39 bits per heavy atom. The molecule has 3 rings (SSSR count). The van der Waals surface area contributed by atoms with Crippen LogP contribution in [-0.4, -0.2) is 5.78 Å². The van der Waals surface area contributed by atoms with Gasteiger partial charge >= 0.3 is 0 Å². The lowest BCUT2D eigenvalue weighted by Crippen LogP contribution is -2.02. The zero-order valence-corrected chi connectivity index (χ0v) is 10.4. The number of ketones is 1. The van der Waals surface area contributed by atoms with Gasteiger partial charge < -0.3 is 5.32 Å². The second-order valence-electron chi connectivity index (χ2n) is 4.78. The molecular formula is C16H15NO. The van der Waals surface area contributed by atoms with Gasteiger partial charge in [-0.25, -0.2) is 0 Å². The van der Waals surface area contributed by atoms with Crippen molar-refractivity contribution >= 4 is 5.78 Å². The first-order chi connectivity index (χ1) is 8.74. The van der Waals surface area contributed by atoms with E-state index in [1.54, 1.807) is 0 Å². The Hall–Kier alpha value is -1.93. The minimum atomic E-state index is 0.102. The van der Waals surface area contributed by atoms with Crippen molar-refractivity contribution in [2.75, 3.05) is 0 Å². The van der Waals surface area contributed by atoms with Crippen molar-refractivity contribution in [2.45, 2.75) is 20.0 Å². The van der Waals surface area contributed by atoms with E-state index in [9.17, 15) is 4.79 Å². The maximum Gasteiger partial charge on any atom is 0.193 e. The summed E-state index contributed by atoms with van der Waals surface area (Å²) in [6, 6.07) is 13.7. The number of hydrogen-bond donors (Lipinski definition) is 1. The number of benzene rings is 2. The molecule has 2 heteroatoms. The summed E-state index contributed by atoms with van der Waals surface area (Å²) in [6.45, 7) is 3.80. The van der Waals surface area contributed by atoms with E-state index >= 15 is 0 Å². The van der Waals surface area contributed by atoms with E-state index < -0.39 is 0 Å². The predicted octanol–water partition coefficient (Wildman–Crippen LogP) is 2.83. The Morgan fingerprint density at radius 2 is 1.61 bits per heavy atom. The standard InChI is InChI=1S/C16H15NO/c1-11-2-4-12(5-3-11)16(18)13-6-7-14-9-17-10-15(14)8-13/h2-8,17H,9-10H2,1H3. The Bertz CT molecular complexity index is 599. The molecule has 0 saturated carbocycles. The molecule has 1 aliphatic rings. The summed E-state index contributed by atoms with van der Waals surface area (Å²) >= 11 is 0. The summed E-state index contributed by atoms with van der Waals surface area (Å²) in [5.41, 5.74) is 5.25. The number of hydrogen-bond acceptors (Lipinski definition) is 2. The summed E-state index contributed by atoms with van der Waals surface area (Å²) < 4.78 is 0. The third kappa shape index (κ3) is 1.95. The average Bonchev–Trinajstić information content (AvgIpc) is 2.86. The number of aryl methyl sites for hydroxylation is 1. The van der Waals surface area contributed by atoms with Crippen molar-refractivity contribution in [2.24, 2.45) is 0 Å². The first kappa shape index (κ1) is 11.2. The quantitative estimate of drug-likeness (QED) is 0.814. The highest BCUT2D eigenvalue weighted by Crippen LogP contribution is 2.19. The number of rotatable bonds is 2. The second-order valence-corrected chi connectivity index (χ2v) is 4.78. The molecule has 2 nitrogen and oxygen atoms in total. The highest BCUT2D eigenvalue weighted by atomic mass is 16.1. The third-order valence-electron chi connectivity index (χ3n) is 3.41. The van der Waals surface area contributed by atoms with Gasteiger partial charge in [0.2, 0.25) is 0 Å². The number of carbonyl (C=O) groups is 1. The molecule has 0 fully saturated rings. The molecule has 0 unspecified atom stereocenters. The maximum atomic E-state index is 12.3. The SMILES string of the molecule is Cc1ccc(C(=O)c2ccc3c(c2)CNC3)cc1. The topological polar surface area (TPSA) is 29.1 Å². The summed E-state index contributed by atoms with van der Waals surface area (Å²) in [5.74, 6) is 0.102. The molecule has 18 heavy (non-hydrogen) atoms. The molecule has 0 atom stereocenters. The van der Waals surface area contributed by atoms with Gasteiger partial charge in [0, 0.05) is 24.2 Å². The summed E-state index contributed by atoms with van der Waals surface area (Å²) in [7, 11) is 0. The third-order valence-corrected chi connectivity index (χ3v) is 3.41. The fraction of sp³-hybridized carbons (Fsp3) is 0.188. The van der Waals surface area contributed by atoms with Crippen LogP contribution in [0.15, 0.2) is 42.5 Å². The van der Waals surface area contributed by atoms with Gasteiger partial charge in [-0.1, -0.05) is 42.0 Å². The van der Waals surface area contributed by atoms with E-state index in [0.717, 1.165) is 24.2 Å². The Labute approximate surface area is 107 Å². The molecule has 2 aromatic carbocycles. The Morgan fingerprint density at radius 1 is 0.944 bits per heavy atom. The molecule has 0 saturated heterocycles. The molecular weight excluding hydrogens is 222 g/mol. The van der Waals surface area contributed by atoms with Crippen molar-refractivity contribution < 1.29 is 4.79 Å². The number of fused-ring (bicyclic) bond motifs is 1. The van der Waals surface area contributed by atoms with Crippen LogP contribution >= 0.6 is 0 Å². The molecule has 0 bridgehead atoms. The molecule has 0 aromatic heterocycles. The van der Waals surface area contributed by atoms with E-state index in [0.29, 0.717) is 0 Å². The van der Waals surface area contributed by atoms with Crippen LogP contribution in [-0.2, 0) is 13.1 Å². The van der Waals surface area contributed by atoms with E-state index in [4.69, 9.17) is 0 Å². The predicted molar refractivity (Wildman–Crippen MR) is 71.6 cm³/mol. The van der Waals surface area contributed by atoms with Gasteiger partial charge in [-0.3, -0.25) is 4.79 Å². The van der Waals surface area contributed by atoms with Gasteiger partial charge in [0.25, 0.3) is 0 Å². The van der Waals surface area contributed by atoms with E-state index in [-0.39, 0.29) is 5.78 Å². The first-order valence-corrected chi connectivity index (χ1v) is 6.18. The van der Waals surface area contributed by atoms with Crippen LogP contribution in [0.5, 0.6) is 0 Å². The molecule has 1 heterocycles. The normalized spacial score (nSPS) is 13.4. The van der Waals surface area contributed by atoms with Gasteiger partial charge in [0.15, 0.2) is 5.78 Å². The minimum absolute atomic E-state index is 0.102. The summed E-state index contributed by atoms with van der Waals surface area (Å²) in [6.07, 6.45) is 0. The molecule has 1 N–H and O–H groups in total. The van der Waals surface area contributed by atoms with E-state index in [1.165, 1.54) is 16.7 Å². The smallest absolute Gasteiger partial charge is 0.193 e. The van der Waals surface area contributed by atoms with E-state index in [1.807, 2.05) is 43.3 Å². The molecule has 1 aliphatic heterocycles. The van der Waals surface area contributed by atoms with Crippen molar-refractivity contribution in [3.8, 4) is 0 Å². The highest BCUT2D eigenvalue weighted by molar-refractivity contribution is 6.09. The second kappa shape index (κ2) is 4.39. The van der Waals surface area contributed by atoms with Crippen LogP contribution in [0.3, 0.4) is 0 Å². The first-order valence-electron chi connectivity index (χ1n) is 6.18. The van der Waals surface area contributed by atoms with Crippen LogP contribution < -0.4 is 5.32 Å².